The molecule has 1 aromatic rings. The van der Waals surface area contributed by atoms with Gasteiger partial charge in [-0.2, -0.15) is 0 Å². The fourth-order valence-electron chi connectivity index (χ4n) is 0.872. The van der Waals surface area contributed by atoms with Crippen molar-refractivity contribution in [2.75, 3.05) is 0 Å². The number of benzene rings is 1. The van der Waals surface area contributed by atoms with Crippen LogP contribution in [0.2, 0.25) is 5.02 Å². The van der Waals surface area contributed by atoms with E-state index < -0.39 is 0 Å². The molecule has 0 saturated carbocycles. The van der Waals surface area contributed by atoms with Gasteiger partial charge in [0, 0.05) is 16.1 Å². The van der Waals surface area contributed by atoms with Gasteiger partial charge in [-0.1, -0.05) is 62.8 Å². The third-order valence-electron chi connectivity index (χ3n) is 1.49. The molecule has 1 rings (SSSR count). The van der Waals surface area contributed by atoms with Crippen LogP contribution >= 0.6 is 66.0 Å². The fraction of sp³-hybridized carbons (Fsp3) is 0.125. The SMILES string of the molecule is O=Cc1ccc(Cl)c(C(P)(I)I)c1. The molecule has 1 nitrogen and oxygen atoms in total. The number of carbonyl (C=O) groups excluding carboxylic acids is 1. The van der Waals surface area contributed by atoms with Crippen molar-refractivity contribution in [1.82, 2.24) is 0 Å². The van der Waals surface area contributed by atoms with Crippen molar-refractivity contribution in [3.05, 3.63) is 34.3 Å². The van der Waals surface area contributed by atoms with E-state index in [1.54, 1.807) is 18.2 Å². The number of hydrogen-bond donors (Lipinski definition) is 0. The van der Waals surface area contributed by atoms with Crippen molar-refractivity contribution in [3.63, 3.8) is 0 Å². The quantitative estimate of drug-likeness (QED) is 0.295. The van der Waals surface area contributed by atoms with Gasteiger partial charge in [0.2, 0.25) is 0 Å². The largest absolute Gasteiger partial charge is 0.298 e. The molecule has 0 aliphatic carbocycles. The maximum absolute atomic E-state index is 10.5. The van der Waals surface area contributed by atoms with Gasteiger partial charge in [0.1, 0.15) is 7.46 Å². The van der Waals surface area contributed by atoms with Crippen molar-refractivity contribution in [3.8, 4) is 0 Å². The van der Waals surface area contributed by atoms with Gasteiger partial charge >= 0.3 is 0 Å². The normalized spacial score (nSPS) is 11.4. The summed E-state index contributed by atoms with van der Waals surface area (Å²) in [7, 11) is 2.68. The lowest BCUT2D eigenvalue weighted by atomic mass is 10.1. The van der Waals surface area contributed by atoms with Crippen molar-refractivity contribution >= 4 is 72.3 Å². The van der Waals surface area contributed by atoms with Crippen LogP contribution in [0.15, 0.2) is 18.2 Å². The lowest BCUT2D eigenvalue weighted by Crippen LogP contribution is -1.99. The minimum Gasteiger partial charge on any atom is -0.298 e. The standard InChI is InChI=1S/C8H6ClI2OP/c9-7-2-1-5(4-12)3-6(7)8(10,11)13/h1-4H,13H2. The summed E-state index contributed by atoms with van der Waals surface area (Å²) in [6, 6.07) is 5.26. The fourth-order valence-corrected chi connectivity index (χ4v) is 2.68. The molecular formula is C8H6ClI2OP. The first-order valence-electron chi connectivity index (χ1n) is 3.37. The zero-order valence-electron chi connectivity index (χ0n) is 6.43. The van der Waals surface area contributed by atoms with E-state index in [9.17, 15) is 4.79 Å². The molecule has 0 N–H and O–H groups in total. The van der Waals surface area contributed by atoms with Gasteiger partial charge in [-0.3, -0.25) is 4.79 Å². The smallest absolute Gasteiger partial charge is 0.150 e. The van der Waals surface area contributed by atoms with Crippen LogP contribution in [-0.2, 0) is 1.17 Å². The maximum Gasteiger partial charge on any atom is 0.150 e. The Morgan fingerprint density at radius 1 is 1.46 bits per heavy atom. The van der Waals surface area contributed by atoms with E-state index in [0.29, 0.717) is 10.6 Å². The predicted octanol–water partition coefficient (Wildman–Crippen LogP) is 4.01. The molecule has 13 heavy (non-hydrogen) atoms. The highest BCUT2D eigenvalue weighted by atomic mass is 127. The lowest BCUT2D eigenvalue weighted by molar-refractivity contribution is 0.112. The van der Waals surface area contributed by atoms with Crippen molar-refractivity contribution < 1.29 is 4.79 Å². The Bertz CT molecular complexity index is 335. The highest BCUT2D eigenvalue weighted by molar-refractivity contribution is 14.2. The van der Waals surface area contributed by atoms with Crippen molar-refractivity contribution in [1.29, 1.82) is 0 Å². The summed E-state index contributed by atoms with van der Waals surface area (Å²) in [5, 5.41) is 0.685. The lowest BCUT2D eigenvalue weighted by Gasteiger charge is -2.16. The summed E-state index contributed by atoms with van der Waals surface area (Å²) < 4.78 is -0.161. The van der Waals surface area contributed by atoms with Crippen LogP contribution in [0.5, 0.6) is 0 Å². The molecule has 1 aromatic carbocycles. The van der Waals surface area contributed by atoms with Gasteiger partial charge in [-0.25, -0.2) is 0 Å². The van der Waals surface area contributed by atoms with Crippen LogP contribution < -0.4 is 0 Å². The summed E-state index contributed by atoms with van der Waals surface area (Å²) in [4.78, 5) is 10.5. The molecule has 0 fully saturated rings. The van der Waals surface area contributed by atoms with Gasteiger partial charge in [-0.05, 0) is 12.1 Å². The van der Waals surface area contributed by atoms with E-state index in [-0.39, 0.29) is 1.17 Å². The minimum absolute atomic E-state index is 0.161. The molecule has 0 saturated heterocycles. The summed E-state index contributed by atoms with van der Waals surface area (Å²) in [5.41, 5.74) is 1.60. The molecule has 0 heterocycles. The highest BCUT2D eigenvalue weighted by Crippen LogP contribution is 2.48. The molecule has 1 atom stereocenters. The number of alkyl halides is 2. The molecule has 0 aliphatic heterocycles. The van der Waals surface area contributed by atoms with E-state index in [0.717, 1.165) is 11.8 Å². The van der Waals surface area contributed by atoms with Gasteiger partial charge in [0.25, 0.3) is 0 Å². The molecule has 0 radical (unpaired) electrons. The molecule has 0 spiro atoms. The van der Waals surface area contributed by atoms with Crippen LogP contribution in [0.4, 0.5) is 0 Å². The molecule has 5 heteroatoms. The van der Waals surface area contributed by atoms with Crippen molar-refractivity contribution in [2.45, 2.75) is 1.17 Å². The third kappa shape index (κ3) is 3.29. The average Bonchev–Trinajstić information content (AvgIpc) is 2.03. The van der Waals surface area contributed by atoms with Crippen LogP contribution in [0.1, 0.15) is 15.9 Å². The zero-order chi connectivity index (χ0) is 10.1. The second-order valence-electron chi connectivity index (χ2n) is 2.48. The van der Waals surface area contributed by atoms with E-state index >= 15 is 0 Å². The average molecular weight is 438 g/mol. The van der Waals surface area contributed by atoms with E-state index in [4.69, 9.17) is 11.6 Å². The molecule has 0 aliphatic rings. The van der Waals surface area contributed by atoms with Gasteiger partial charge in [0.05, 0.1) is 0 Å². The van der Waals surface area contributed by atoms with Crippen LogP contribution in [-0.4, -0.2) is 6.29 Å². The summed E-state index contributed by atoms with van der Waals surface area (Å²) in [5.74, 6) is 0. The number of aldehydes is 1. The van der Waals surface area contributed by atoms with Crippen LogP contribution in [0.25, 0.3) is 0 Å². The Morgan fingerprint density at radius 2 is 2.08 bits per heavy atom. The van der Waals surface area contributed by atoms with Crippen LogP contribution in [0, 0.1) is 0 Å². The predicted molar refractivity (Wildman–Crippen MR) is 76.3 cm³/mol. The molecular weight excluding hydrogens is 432 g/mol. The Hall–Kier alpha value is 1.07. The molecule has 0 bridgehead atoms. The second kappa shape index (κ2) is 4.73. The summed E-state index contributed by atoms with van der Waals surface area (Å²) in [6.07, 6.45) is 0.823. The number of halogens is 3. The zero-order valence-corrected chi connectivity index (χ0v) is 12.7. The number of rotatable bonds is 2. The number of hydrogen-bond acceptors (Lipinski definition) is 1. The Labute approximate surface area is 111 Å². The number of carbonyl (C=O) groups is 1. The van der Waals surface area contributed by atoms with E-state index in [1.807, 2.05) is 0 Å². The van der Waals surface area contributed by atoms with Gasteiger partial charge in [0.15, 0.2) is 0 Å². The Kier molecular flexibility index (Phi) is 4.41. The van der Waals surface area contributed by atoms with E-state index in [2.05, 4.69) is 54.4 Å². The summed E-state index contributed by atoms with van der Waals surface area (Å²) in [6.45, 7) is 0. The highest BCUT2D eigenvalue weighted by Gasteiger charge is 2.21. The minimum atomic E-state index is -0.161. The topological polar surface area (TPSA) is 17.1 Å². The van der Waals surface area contributed by atoms with E-state index in [1.165, 1.54) is 0 Å². The van der Waals surface area contributed by atoms with Gasteiger partial charge < -0.3 is 0 Å². The van der Waals surface area contributed by atoms with Crippen molar-refractivity contribution in [2.24, 2.45) is 0 Å². The Balaban J connectivity index is 3.27. The first-order chi connectivity index (χ1) is 5.95. The van der Waals surface area contributed by atoms with Crippen LogP contribution in [0.3, 0.4) is 0 Å². The Morgan fingerprint density at radius 3 is 2.54 bits per heavy atom. The third-order valence-corrected chi connectivity index (χ3v) is 3.29. The summed E-state index contributed by atoms with van der Waals surface area (Å²) >= 11 is 10.5. The second-order valence-corrected chi connectivity index (χ2v) is 11.6. The maximum atomic E-state index is 10.5. The molecule has 0 amide bonds. The molecule has 0 aromatic heterocycles. The van der Waals surface area contributed by atoms with Gasteiger partial charge in [-0.15, -0.1) is 9.24 Å². The first kappa shape index (κ1) is 12.1. The molecule has 70 valence electrons. The first-order valence-corrected chi connectivity index (χ1v) is 6.48. The molecule has 1 unspecified atom stereocenters. The monoisotopic (exact) mass is 438 g/mol.